The molecule has 0 unspecified atom stereocenters. The fourth-order valence-corrected chi connectivity index (χ4v) is 1.38. The van der Waals surface area contributed by atoms with Gasteiger partial charge in [-0.3, -0.25) is 0 Å². The predicted molar refractivity (Wildman–Crippen MR) is 44.1 cm³/mol. The molecule has 0 saturated carbocycles. The van der Waals surface area contributed by atoms with Crippen LogP contribution in [0.3, 0.4) is 0 Å². The number of hydrogen-bond acceptors (Lipinski definition) is 1. The third-order valence-electron chi connectivity index (χ3n) is 0.912. The van der Waals surface area contributed by atoms with Crippen molar-refractivity contribution in [3.05, 3.63) is 0 Å². The molecule has 0 aliphatic rings. The van der Waals surface area contributed by atoms with E-state index in [1.165, 1.54) is 0 Å². The van der Waals surface area contributed by atoms with Crippen LogP contribution in [0.1, 0.15) is 13.3 Å². The summed E-state index contributed by atoms with van der Waals surface area (Å²) in [6.45, 7) is 1.85. The van der Waals surface area contributed by atoms with Crippen LogP contribution in [0.2, 0.25) is 0 Å². The summed E-state index contributed by atoms with van der Waals surface area (Å²) in [6.07, 6.45) is -0.0419. The molecule has 4 heteroatoms. The lowest BCUT2D eigenvalue weighted by atomic mass is 10.3. The van der Waals surface area contributed by atoms with Gasteiger partial charge < -0.3 is 10.4 Å². The second-order valence-electron chi connectivity index (χ2n) is 1.83. The first-order chi connectivity index (χ1) is 4.16. The number of hydrogen-bond donors (Lipinski definition) is 2. The number of halogens is 1. The molecule has 0 aromatic heterocycles. The van der Waals surface area contributed by atoms with Crippen LogP contribution in [0.4, 0.5) is 4.79 Å². The molecule has 0 aliphatic carbocycles. The molecule has 54 valence electrons. The SMILES string of the molecule is C[C@H](CCI)NC(=O)O. The molecule has 0 fully saturated rings. The van der Waals surface area contributed by atoms with E-state index >= 15 is 0 Å². The highest BCUT2D eigenvalue weighted by atomic mass is 127. The minimum absolute atomic E-state index is 0.0828. The summed E-state index contributed by atoms with van der Waals surface area (Å²) in [5, 5.41) is 10.6. The van der Waals surface area contributed by atoms with Crippen LogP contribution in [0.25, 0.3) is 0 Å². The molecule has 2 N–H and O–H groups in total. The highest BCUT2D eigenvalue weighted by Crippen LogP contribution is 1.94. The van der Waals surface area contributed by atoms with Gasteiger partial charge >= 0.3 is 6.09 Å². The van der Waals surface area contributed by atoms with Crippen molar-refractivity contribution in [1.29, 1.82) is 0 Å². The molecular weight excluding hydrogens is 233 g/mol. The second-order valence-corrected chi connectivity index (χ2v) is 2.91. The molecule has 1 amide bonds. The van der Waals surface area contributed by atoms with E-state index in [1.54, 1.807) is 0 Å². The molecule has 0 rings (SSSR count). The summed E-state index contributed by atoms with van der Waals surface area (Å²) < 4.78 is 0.985. The lowest BCUT2D eigenvalue weighted by Gasteiger charge is -2.07. The van der Waals surface area contributed by atoms with Crippen molar-refractivity contribution in [1.82, 2.24) is 5.32 Å². The molecule has 0 radical (unpaired) electrons. The van der Waals surface area contributed by atoms with Gasteiger partial charge in [0.15, 0.2) is 0 Å². The Kier molecular flexibility index (Phi) is 4.84. The number of nitrogens with one attached hydrogen (secondary N) is 1. The molecule has 0 aromatic carbocycles. The van der Waals surface area contributed by atoms with E-state index in [1.807, 2.05) is 6.92 Å². The predicted octanol–water partition coefficient (Wildman–Crippen LogP) is 1.47. The molecule has 0 spiro atoms. The first kappa shape index (κ1) is 9.00. The van der Waals surface area contributed by atoms with Crippen LogP contribution in [0.5, 0.6) is 0 Å². The van der Waals surface area contributed by atoms with Crippen LogP contribution >= 0.6 is 22.6 Å². The second kappa shape index (κ2) is 4.84. The van der Waals surface area contributed by atoms with Crippen molar-refractivity contribution in [3.8, 4) is 0 Å². The van der Waals surface area contributed by atoms with Crippen molar-refractivity contribution < 1.29 is 9.90 Å². The molecular formula is C5H10INO2. The third kappa shape index (κ3) is 5.88. The lowest BCUT2D eigenvalue weighted by molar-refractivity contribution is 0.190. The molecule has 9 heavy (non-hydrogen) atoms. The molecule has 0 aliphatic heterocycles. The van der Waals surface area contributed by atoms with Gasteiger partial charge in [-0.25, -0.2) is 4.79 Å². The zero-order chi connectivity index (χ0) is 7.28. The molecule has 0 aromatic rings. The molecule has 3 nitrogen and oxygen atoms in total. The van der Waals surface area contributed by atoms with E-state index in [2.05, 4.69) is 27.9 Å². The highest BCUT2D eigenvalue weighted by molar-refractivity contribution is 14.1. The summed E-state index contributed by atoms with van der Waals surface area (Å²) >= 11 is 2.22. The van der Waals surface area contributed by atoms with Crippen LogP contribution in [0, 0.1) is 0 Å². The zero-order valence-corrected chi connectivity index (χ0v) is 7.38. The van der Waals surface area contributed by atoms with Crippen LogP contribution < -0.4 is 5.32 Å². The van der Waals surface area contributed by atoms with Crippen LogP contribution in [0.15, 0.2) is 0 Å². The maximum Gasteiger partial charge on any atom is 0.404 e. The van der Waals surface area contributed by atoms with Gasteiger partial charge in [0.2, 0.25) is 0 Å². The maximum absolute atomic E-state index is 9.97. The van der Waals surface area contributed by atoms with Gasteiger partial charge in [-0.15, -0.1) is 0 Å². The Bertz CT molecular complexity index is 97.0. The fraction of sp³-hybridized carbons (Fsp3) is 0.800. The van der Waals surface area contributed by atoms with E-state index in [-0.39, 0.29) is 6.04 Å². The first-order valence-corrected chi connectivity index (χ1v) is 4.24. The number of carbonyl (C=O) groups is 1. The van der Waals surface area contributed by atoms with Gasteiger partial charge in [-0.2, -0.15) is 0 Å². The summed E-state index contributed by atoms with van der Waals surface area (Å²) in [4.78, 5) is 9.97. The van der Waals surface area contributed by atoms with Gasteiger partial charge in [0, 0.05) is 10.5 Å². The van der Waals surface area contributed by atoms with Gasteiger partial charge in [-0.1, -0.05) is 22.6 Å². The van der Waals surface area contributed by atoms with E-state index in [4.69, 9.17) is 5.11 Å². The Balaban J connectivity index is 3.26. The normalized spacial score (nSPS) is 12.7. The van der Waals surface area contributed by atoms with Crippen LogP contribution in [-0.2, 0) is 0 Å². The maximum atomic E-state index is 9.97. The minimum Gasteiger partial charge on any atom is -0.465 e. The van der Waals surface area contributed by atoms with Crippen LogP contribution in [-0.4, -0.2) is 21.7 Å². The molecule has 1 atom stereocenters. The highest BCUT2D eigenvalue weighted by Gasteiger charge is 2.01. The monoisotopic (exact) mass is 243 g/mol. The lowest BCUT2D eigenvalue weighted by Crippen LogP contribution is -2.31. The van der Waals surface area contributed by atoms with E-state index in [9.17, 15) is 4.79 Å². The Labute approximate surface area is 68.0 Å². The standard InChI is InChI=1S/C5H10INO2/c1-4(2-3-6)7-5(8)9/h4,7H,2-3H2,1H3,(H,8,9)/t4-/m1/s1. The Morgan fingerprint density at radius 2 is 2.44 bits per heavy atom. The molecule has 0 heterocycles. The van der Waals surface area contributed by atoms with Gasteiger partial charge in [0.25, 0.3) is 0 Å². The van der Waals surface area contributed by atoms with Crippen molar-refractivity contribution in [2.75, 3.05) is 4.43 Å². The number of alkyl halides is 1. The number of amides is 1. The Morgan fingerprint density at radius 3 is 2.78 bits per heavy atom. The van der Waals surface area contributed by atoms with Gasteiger partial charge in [0.05, 0.1) is 0 Å². The summed E-state index contributed by atoms with van der Waals surface area (Å²) in [5.74, 6) is 0. The van der Waals surface area contributed by atoms with E-state index < -0.39 is 6.09 Å². The quantitative estimate of drug-likeness (QED) is 0.582. The largest absolute Gasteiger partial charge is 0.465 e. The molecule has 0 bridgehead atoms. The summed E-state index contributed by atoms with van der Waals surface area (Å²) in [7, 11) is 0. The van der Waals surface area contributed by atoms with Gasteiger partial charge in [-0.05, 0) is 13.3 Å². The summed E-state index contributed by atoms with van der Waals surface area (Å²) in [6, 6.07) is 0.0828. The third-order valence-corrected chi connectivity index (χ3v) is 1.53. The van der Waals surface area contributed by atoms with E-state index in [0.717, 1.165) is 10.8 Å². The molecule has 0 saturated heterocycles. The zero-order valence-electron chi connectivity index (χ0n) is 5.22. The summed E-state index contributed by atoms with van der Waals surface area (Å²) in [5.41, 5.74) is 0. The fourth-order valence-electron chi connectivity index (χ4n) is 0.447. The minimum atomic E-state index is -0.938. The Hall–Kier alpha value is 0. The topological polar surface area (TPSA) is 49.3 Å². The van der Waals surface area contributed by atoms with Crippen molar-refractivity contribution in [2.45, 2.75) is 19.4 Å². The van der Waals surface area contributed by atoms with Crippen molar-refractivity contribution in [3.63, 3.8) is 0 Å². The van der Waals surface area contributed by atoms with E-state index in [0.29, 0.717) is 0 Å². The Morgan fingerprint density at radius 1 is 1.89 bits per heavy atom. The average molecular weight is 243 g/mol. The number of carboxylic acid groups (broad SMARTS) is 1. The first-order valence-electron chi connectivity index (χ1n) is 2.72. The smallest absolute Gasteiger partial charge is 0.404 e. The average Bonchev–Trinajstić information content (AvgIpc) is 1.63. The van der Waals surface area contributed by atoms with Gasteiger partial charge in [0.1, 0.15) is 0 Å². The van der Waals surface area contributed by atoms with Crippen molar-refractivity contribution in [2.24, 2.45) is 0 Å². The number of rotatable bonds is 3. The van der Waals surface area contributed by atoms with Crippen molar-refractivity contribution >= 4 is 28.7 Å².